The number of benzene rings is 2. The molecule has 2 aromatic carbocycles. The zero-order valence-electron chi connectivity index (χ0n) is 8.14. The largest absolute Gasteiger partial charge is 0.399 e. The summed E-state index contributed by atoms with van der Waals surface area (Å²) in [5, 5.41) is 10.1. The molecule has 0 bridgehead atoms. The fourth-order valence-corrected chi connectivity index (χ4v) is 2.19. The highest BCUT2D eigenvalue weighted by atomic mass is 16.3. The molecule has 2 heteroatoms. The van der Waals surface area contributed by atoms with Crippen molar-refractivity contribution in [3.63, 3.8) is 0 Å². The molecule has 1 atom stereocenters. The van der Waals surface area contributed by atoms with Crippen molar-refractivity contribution in [1.82, 2.24) is 0 Å². The fraction of sp³-hybridized carbons (Fsp3) is 0.0769. The van der Waals surface area contributed by atoms with Gasteiger partial charge in [0.1, 0.15) is 6.10 Å². The van der Waals surface area contributed by atoms with Crippen molar-refractivity contribution in [3.05, 3.63) is 53.6 Å². The fourth-order valence-electron chi connectivity index (χ4n) is 2.19. The molecular formula is C13H11NO. The highest BCUT2D eigenvalue weighted by Crippen LogP contribution is 2.43. The highest BCUT2D eigenvalue weighted by Gasteiger charge is 2.26. The Morgan fingerprint density at radius 3 is 2.53 bits per heavy atom. The van der Waals surface area contributed by atoms with Crippen LogP contribution in [0.3, 0.4) is 0 Å². The van der Waals surface area contributed by atoms with Crippen LogP contribution in [0.5, 0.6) is 0 Å². The molecule has 0 aromatic heterocycles. The Bertz CT molecular complexity index is 534. The van der Waals surface area contributed by atoms with E-state index in [0.29, 0.717) is 0 Å². The first-order chi connectivity index (χ1) is 7.27. The van der Waals surface area contributed by atoms with E-state index in [4.69, 9.17) is 5.73 Å². The number of aliphatic hydroxyl groups is 1. The minimum atomic E-state index is -0.503. The summed E-state index contributed by atoms with van der Waals surface area (Å²) < 4.78 is 0. The first kappa shape index (κ1) is 8.50. The average molecular weight is 197 g/mol. The second-order valence-corrected chi connectivity index (χ2v) is 3.84. The average Bonchev–Trinajstić information content (AvgIpc) is 2.54. The molecule has 15 heavy (non-hydrogen) atoms. The molecule has 0 saturated heterocycles. The van der Waals surface area contributed by atoms with Crippen LogP contribution in [0.25, 0.3) is 11.1 Å². The number of anilines is 1. The highest BCUT2D eigenvalue weighted by molar-refractivity contribution is 5.80. The maximum absolute atomic E-state index is 10.1. The van der Waals surface area contributed by atoms with Gasteiger partial charge < -0.3 is 10.8 Å². The van der Waals surface area contributed by atoms with Gasteiger partial charge in [-0.2, -0.15) is 0 Å². The van der Waals surface area contributed by atoms with Gasteiger partial charge in [-0.25, -0.2) is 0 Å². The number of fused-ring (bicyclic) bond motifs is 3. The monoisotopic (exact) mass is 197 g/mol. The van der Waals surface area contributed by atoms with Crippen molar-refractivity contribution < 1.29 is 5.11 Å². The van der Waals surface area contributed by atoms with E-state index in [1.807, 2.05) is 42.5 Å². The van der Waals surface area contributed by atoms with Gasteiger partial charge in [-0.3, -0.25) is 0 Å². The van der Waals surface area contributed by atoms with Crippen molar-refractivity contribution in [2.24, 2.45) is 0 Å². The van der Waals surface area contributed by atoms with Crippen molar-refractivity contribution in [2.45, 2.75) is 6.10 Å². The van der Waals surface area contributed by atoms with Crippen LogP contribution in [0.4, 0.5) is 5.69 Å². The van der Waals surface area contributed by atoms with E-state index in [2.05, 4.69) is 0 Å². The molecule has 0 spiro atoms. The van der Waals surface area contributed by atoms with Crippen LogP contribution in [0.1, 0.15) is 17.2 Å². The van der Waals surface area contributed by atoms with Crippen LogP contribution in [-0.2, 0) is 0 Å². The standard InChI is InChI=1S/C13H11NO/c14-8-5-6-11-12(7-8)9-3-1-2-4-10(9)13(11)15/h1-7,13,15H,14H2. The molecule has 0 heterocycles. The number of nitrogens with two attached hydrogens (primary N) is 1. The summed E-state index contributed by atoms with van der Waals surface area (Å²) >= 11 is 0. The number of hydrogen-bond donors (Lipinski definition) is 2. The lowest BCUT2D eigenvalue weighted by atomic mass is 10.1. The van der Waals surface area contributed by atoms with Gasteiger partial charge >= 0.3 is 0 Å². The Labute approximate surface area is 88.0 Å². The van der Waals surface area contributed by atoms with E-state index in [1.54, 1.807) is 0 Å². The van der Waals surface area contributed by atoms with Crippen molar-refractivity contribution in [3.8, 4) is 11.1 Å². The minimum Gasteiger partial charge on any atom is -0.399 e. The van der Waals surface area contributed by atoms with Gasteiger partial charge in [-0.15, -0.1) is 0 Å². The normalized spacial score (nSPS) is 17.3. The lowest BCUT2D eigenvalue weighted by Crippen LogP contribution is -1.93. The lowest BCUT2D eigenvalue weighted by Gasteiger charge is -2.04. The van der Waals surface area contributed by atoms with Gasteiger partial charge in [0.05, 0.1) is 0 Å². The van der Waals surface area contributed by atoms with E-state index in [1.165, 1.54) is 0 Å². The van der Waals surface area contributed by atoms with E-state index in [0.717, 1.165) is 27.9 Å². The Morgan fingerprint density at radius 2 is 1.67 bits per heavy atom. The molecule has 74 valence electrons. The third-order valence-corrected chi connectivity index (χ3v) is 2.92. The third-order valence-electron chi connectivity index (χ3n) is 2.92. The van der Waals surface area contributed by atoms with Crippen molar-refractivity contribution in [2.75, 3.05) is 5.73 Å². The smallest absolute Gasteiger partial charge is 0.105 e. The van der Waals surface area contributed by atoms with Crippen LogP contribution in [-0.4, -0.2) is 5.11 Å². The molecule has 0 saturated carbocycles. The van der Waals surface area contributed by atoms with Gasteiger partial charge in [0.2, 0.25) is 0 Å². The van der Waals surface area contributed by atoms with E-state index >= 15 is 0 Å². The second-order valence-electron chi connectivity index (χ2n) is 3.84. The van der Waals surface area contributed by atoms with E-state index in [9.17, 15) is 5.11 Å². The number of nitrogen functional groups attached to an aromatic ring is 1. The summed E-state index contributed by atoms with van der Waals surface area (Å²) in [5.41, 5.74) is 10.5. The van der Waals surface area contributed by atoms with Crippen LogP contribution in [0.15, 0.2) is 42.5 Å². The van der Waals surface area contributed by atoms with Crippen molar-refractivity contribution in [1.29, 1.82) is 0 Å². The molecule has 0 amide bonds. The number of hydrogen-bond acceptors (Lipinski definition) is 2. The molecule has 1 aliphatic rings. The first-order valence-corrected chi connectivity index (χ1v) is 4.94. The van der Waals surface area contributed by atoms with E-state index < -0.39 is 6.10 Å². The number of aliphatic hydroxyl groups excluding tert-OH is 1. The predicted octanol–water partition coefficient (Wildman–Crippen LogP) is 2.33. The summed E-state index contributed by atoms with van der Waals surface area (Å²) in [6, 6.07) is 13.5. The van der Waals surface area contributed by atoms with Crippen molar-refractivity contribution >= 4 is 5.69 Å². The van der Waals surface area contributed by atoms with Gasteiger partial charge in [0, 0.05) is 5.69 Å². The van der Waals surface area contributed by atoms with Gasteiger partial charge in [0.15, 0.2) is 0 Å². The molecule has 1 unspecified atom stereocenters. The Kier molecular flexibility index (Phi) is 1.61. The molecule has 1 aliphatic carbocycles. The second kappa shape index (κ2) is 2.84. The zero-order chi connectivity index (χ0) is 10.4. The summed E-state index contributed by atoms with van der Waals surface area (Å²) in [4.78, 5) is 0. The Morgan fingerprint density at radius 1 is 0.933 bits per heavy atom. The van der Waals surface area contributed by atoms with Gasteiger partial charge in [0.25, 0.3) is 0 Å². The summed E-state index contributed by atoms with van der Waals surface area (Å²) in [5.74, 6) is 0. The molecule has 3 N–H and O–H groups in total. The van der Waals surface area contributed by atoms with Gasteiger partial charge in [-0.1, -0.05) is 30.3 Å². The topological polar surface area (TPSA) is 46.2 Å². The third kappa shape index (κ3) is 1.09. The predicted molar refractivity (Wildman–Crippen MR) is 60.4 cm³/mol. The molecule has 0 radical (unpaired) electrons. The maximum Gasteiger partial charge on any atom is 0.105 e. The molecule has 0 aliphatic heterocycles. The minimum absolute atomic E-state index is 0.503. The first-order valence-electron chi connectivity index (χ1n) is 4.94. The number of rotatable bonds is 0. The van der Waals surface area contributed by atoms with E-state index in [-0.39, 0.29) is 0 Å². The SMILES string of the molecule is Nc1ccc2c(c1)-c1ccccc1C2O. The zero-order valence-corrected chi connectivity index (χ0v) is 8.14. The quantitative estimate of drug-likeness (QED) is 0.637. The van der Waals surface area contributed by atoms with Crippen LogP contribution >= 0.6 is 0 Å². The summed E-state index contributed by atoms with van der Waals surface area (Å²) in [6.45, 7) is 0. The molecular weight excluding hydrogens is 186 g/mol. The lowest BCUT2D eigenvalue weighted by molar-refractivity contribution is 0.225. The Hall–Kier alpha value is -1.80. The Balaban J connectivity index is 2.34. The van der Waals surface area contributed by atoms with Crippen LogP contribution in [0.2, 0.25) is 0 Å². The molecule has 2 aromatic rings. The van der Waals surface area contributed by atoms with Crippen LogP contribution < -0.4 is 5.73 Å². The molecule has 0 fully saturated rings. The maximum atomic E-state index is 10.1. The molecule has 3 rings (SSSR count). The van der Waals surface area contributed by atoms with Crippen LogP contribution in [0, 0.1) is 0 Å². The summed E-state index contributed by atoms with van der Waals surface area (Å²) in [6.07, 6.45) is -0.503. The summed E-state index contributed by atoms with van der Waals surface area (Å²) in [7, 11) is 0. The van der Waals surface area contributed by atoms with Gasteiger partial charge in [-0.05, 0) is 34.4 Å². The molecule has 2 nitrogen and oxygen atoms in total.